The van der Waals surface area contributed by atoms with E-state index < -0.39 is 0 Å². The third-order valence-electron chi connectivity index (χ3n) is 4.76. The summed E-state index contributed by atoms with van der Waals surface area (Å²) in [5, 5.41) is 3.04. The summed E-state index contributed by atoms with van der Waals surface area (Å²) >= 11 is 0. The van der Waals surface area contributed by atoms with Gasteiger partial charge in [-0.3, -0.25) is 4.79 Å². The number of nitrogens with zero attached hydrogens (tertiary/aromatic N) is 1. The zero-order valence-electron chi connectivity index (χ0n) is 12.1. The average Bonchev–Trinajstić information content (AvgIpc) is 3.13. The molecule has 4 heteroatoms. The molecule has 3 unspecified atom stereocenters. The summed E-state index contributed by atoms with van der Waals surface area (Å²) < 4.78 is 0. The summed E-state index contributed by atoms with van der Waals surface area (Å²) in [6.45, 7) is 1.04. The molecule has 0 aliphatic heterocycles. The quantitative estimate of drug-likeness (QED) is 0.827. The predicted molar refractivity (Wildman–Crippen MR) is 81.4 cm³/mol. The molecule has 2 fully saturated rings. The Bertz CT molecular complexity index is 587. The van der Waals surface area contributed by atoms with Crippen molar-refractivity contribution in [2.45, 2.75) is 25.7 Å². The maximum absolute atomic E-state index is 12.3. The van der Waals surface area contributed by atoms with Gasteiger partial charge in [-0.1, -0.05) is 18.3 Å². The van der Waals surface area contributed by atoms with Crippen LogP contribution in [0.4, 0.5) is 0 Å². The highest BCUT2D eigenvalue weighted by atomic mass is 16.1. The molecule has 1 amide bonds. The molecule has 1 heterocycles. The summed E-state index contributed by atoms with van der Waals surface area (Å²) in [5.74, 6) is 7.93. The number of nitrogens with two attached hydrogens (primary N) is 1. The van der Waals surface area contributed by atoms with Crippen molar-refractivity contribution in [2.24, 2.45) is 23.5 Å². The van der Waals surface area contributed by atoms with Crippen LogP contribution in [0.1, 0.15) is 41.7 Å². The molecule has 0 saturated heterocycles. The molecule has 2 bridgehead atoms. The minimum Gasteiger partial charge on any atom is -0.350 e. The van der Waals surface area contributed by atoms with E-state index in [0.717, 1.165) is 18.4 Å². The zero-order chi connectivity index (χ0) is 14.7. The molecule has 2 aliphatic rings. The van der Waals surface area contributed by atoms with Crippen LogP contribution < -0.4 is 11.1 Å². The summed E-state index contributed by atoms with van der Waals surface area (Å²) in [6.07, 6.45) is 6.97. The van der Waals surface area contributed by atoms with Crippen molar-refractivity contribution in [1.82, 2.24) is 10.3 Å². The second kappa shape index (κ2) is 6.28. The average molecular weight is 283 g/mol. The lowest BCUT2D eigenvalue weighted by atomic mass is 9.89. The Labute approximate surface area is 125 Å². The molecule has 0 aromatic carbocycles. The van der Waals surface area contributed by atoms with Crippen LogP contribution in [0.2, 0.25) is 0 Å². The van der Waals surface area contributed by atoms with E-state index in [1.807, 2.05) is 6.07 Å². The second-order valence-corrected chi connectivity index (χ2v) is 6.05. The first-order valence-electron chi connectivity index (χ1n) is 7.70. The van der Waals surface area contributed by atoms with Gasteiger partial charge in [0.25, 0.3) is 5.91 Å². The number of carbonyl (C=O) groups excluding carboxylic acids is 1. The number of rotatable bonds is 3. The monoisotopic (exact) mass is 283 g/mol. The van der Waals surface area contributed by atoms with Gasteiger partial charge < -0.3 is 11.1 Å². The largest absolute Gasteiger partial charge is 0.350 e. The predicted octanol–water partition coefficient (Wildman–Crippen LogP) is 1.56. The van der Waals surface area contributed by atoms with Gasteiger partial charge in [0.15, 0.2) is 0 Å². The Morgan fingerprint density at radius 3 is 3.05 bits per heavy atom. The van der Waals surface area contributed by atoms with E-state index in [4.69, 9.17) is 5.73 Å². The topological polar surface area (TPSA) is 68.0 Å². The summed E-state index contributed by atoms with van der Waals surface area (Å²) in [7, 11) is 0. The third kappa shape index (κ3) is 3.08. The van der Waals surface area contributed by atoms with Gasteiger partial charge in [0.05, 0.1) is 12.1 Å². The highest BCUT2D eigenvalue weighted by molar-refractivity contribution is 5.94. The van der Waals surface area contributed by atoms with Gasteiger partial charge in [-0.25, -0.2) is 4.98 Å². The van der Waals surface area contributed by atoms with Crippen LogP contribution in [0.15, 0.2) is 18.3 Å². The summed E-state index contributed by atoms with van der Waals surface area (Å²) in [5.41, 5.74) is 6.43. The number of amides is 1. The fraction of sp³-hybridized carbons (Fsp3) is 0.529. The molecule has 0 radical (unpaired) electrons. The molecule has 1 aromatic heterocycles. The van der Waals surface area contributed by atoms with Crippen LogP contribution in [-0.2, 0) is 0 Å². The molecule has 2 saturated carbocycles. The van der Waals surface area contributed by atoms with E-state index in [0.29, 0.717) is 17.2 Å². The molecule has 4 nitrogen and oxygen atoms in total. The smallest absolute Gasteiger partial charge is 0.271 e. The van der Waals surface area contributed by atoms with Crippen LogP contribution in [0.25, 0.3) is 0 Å². The van der Waals surface area contributed by atoms with Crippen LogP contribution in [0.5, 0.6) is 0 Å². The first kappa shape index (κ1) is 14.1. The minimum absolute atomic E-state index is 0.125. The lowest BCUT2D eigenvalue weighted by Gasteiger charge is -2.21. The minimum atomic E-state index is -0.125. The Morgan fingerprint density at radius 2 is 2.33 bits per heavy atom. The number of pyridine rings is 1. The first-order valence-corrected chi connectivity index (χ1v) is 7.70. The van der Waals surface area contributed by atoms with Crippen LogP contribution in [-0.4, -0.2) is 24.0 Å². The Morgan fingerprint density at radius 1 is 1.43 bits per heavy atom. The molecule has 3 N–H and O–H groups in total. The lowest BCUT2D eigenvalue weighted by molar-refractivity contribution is 0.0936. The highest BCUT2D eigenvalue weighted by Crippen LogP contribution is 2.47. The number of carbonyl (C=O) groups is 1. The lowest BCUT2D eigenvalue weighted by Crippen LogP contribution is -2.32. The maximum Gasteiger partial charge on any atom is 0.271 e. The van der Waals surface area contributed by atoms with Crippen molar-refractivity contribution in [3.8, 4) is 11.8 Å². The van der Waals surface area contributed by atoms with Crippen LogP contribution in [0, 0.1) is 29.6 Å². The Hall–Kier alpha value is -1.86. The van der Waals surface area contributed by atoms with E-state index >= 15 is 0 Å². The standard InChI is InChI=1S/C17H21N3O/c18-7-1-3-13-4-2-8-19-16(13)17(21)20-11-15-10-12-5-6-14(15)9-12/h2,4,8,12,14-15H,5-7,9-11,18H2,(H,20,21). The van der Waals surface area contributed by atoms with E-state index in [9.17, 15) is 4.79 Å². The summed E-state index contributed by atoms with van der Waals surface area (Å²) in [6, 6.07) is 3.59. The molecule has 3 atom stereocenters. The third-order valence-corrected chi connectivity index (χ3v) is 4.76. The molecule has 2 aliphatic carbocycles. The number of nitrogens with one attached hydrogen (secondary N) is 1. The van der Waals surface area contributed by atoms with Gasteiger partial charge >= 0.3 is 0 Å². The SMILES string of the molecule is NCC#Cc1cccnc1C(=O)NCC1CC2CCC1C2. The number of fused-ring (bicyclic) bond motifs is 2. The van der Waals surface area contributed by atoms with Crippen molar-refractivity contribution in [2.75, 3.05) is 13.1 Å². The number of hydrogen-bond donors (Lipinski definition) is 2. The molecule has 1 aromatic rings. The molecule has 0 spiro atoms. The molecule has 21 heavy (non-hydrogen) atoms. The normalized spacial score (nSPS) is 26.2. The van der Waals surface area contributed by atoms with E-state index in [-0.39, 0.29) is 12.5 Å². The van der Waals surface area contributed by atoms with Gasteiger partial charge in [-0.15, -0.1) is 0 Å². The summed E-state index contributed by atoms with van der Waals surface area (Å²) in [4.78, 5) is 16.5. The Kier molecular flexibility index (Phi) is 4.21. The highest BCUT2D eigenvalue weighted by Gasteiger charge is 2.39. The van der Waals surface area contributed by atoms with Gasteiger partial charge in [0, 0.05) is 12.7 Å². The van der Waals surface area contributed by atoms with Gasteiger partial charge in [0.2, 0.25) is 0 Å². The van der Waals surface area contributed by atoms with Crippen LogP contribution in [0.3, 0.4) is 0 Å². The van der Waals surface area contributed by atoms with Gasteiger partial charge in [0.1, 0.15) is 5.69 Å². The van der Waals surface area contributed by atoms with Crippen LogP contribution >= 0.6 is 0 Å². The molecule has 110 valence electrons. The van der Waals surface area contributed by atoms with E-state index in [1.165, 1.54) is 25.7 Å². The van der Waals surface area contributed by atoms with Crippen molar-refractivity contribution >= 4 is 5.91 Å². The number of hydrogen-bond acceptors (Lipinski definition) is 3. The Balaban J connectivity index is 1.63. The zero-order valence-corrected chi connectivity index (χ0v) is 12.1. The fourth-order valence-electron chi connectivity index (χ4n) is 3.77. The maximum atomic E-state index is 12.3. The van der Waals surface area contributed by atoms with Crippen molar-refractivity contribution < 1.29 is 4.79 Å². The van der Waals surface area contributed by atoms with Gasteiger partial charge in [-0.2, -0.15) is 0 Å². The number of aromatic nitrogens is 1. The second-order valence-electron chi connectivity index (χ2n) is 6.05. The van der Waals surface area contributed by atoms with Gasteiger partial charge in [-0.05, 0) is 49.1 Å². The fourth-order valence-corrected chi connectivity index (χ4v) is 3.77. The molecular weight excluding hydrogens is 262 g/mol. The van der Waals surface area contributed by atoms with E-state index in [1.54, 1.807) is 12.3 Å². The van der Waals surface area contributed by atoms with Crippen molar-refractivity contribution in [1.29, 1.82) is 0 Å². The van der Waals surface area contributed by atoms with Crippen molar-refractivity contribution in [3.63, 3.8) is 0 Å². The molecule has 3 rings (SSSR count). The first-order chi connectivity index (χ1) is 10.3. The van der Waals surface area contributed by atoms with Crippen molar-refractivity contribution in [3.05, 3.63) is 29.6 Å². The molecular formula is C17H21N3O. The van der Waals surface area contributed by atoms with E-state index in [2.05, 4.69) is 22.1 Å².